The van der Waals surface area contributed by atoms with Crippen LogP contribution in [-0.2, 0) is 17.4 Å². The molecular formula is C32H29Cl2O8P. The quantitative estimate of drug-likeness (QED) is 0.104. The van der Waals surface area contributed by atoms with Gasteiger partial charge in [0.2, 0.25) is 0 Å². The Kier molecular flexibility index (Phi) is 10.2. The van der Waals surface area contributed by atoms with Gasteiger partial charge >= 0.3 is 7.82 Å². The minimum atomic E-state index is -4.55. The van der Waals surface area contributed by atoms with Crippen molar-refractivity contribution in [3.63, 3.8) is 0 Å². The first-order valence-electron chi connectivity index (χ1n) is 13.3. The molecule has 0 aromatic heterocycles. The molecule has 0 aliphatic rings. The van der Waals surface area contributed by atoms with E-state index in [-0.39, 0.29) is 58.5 Å². The SMILES string of the molecule is Cc1cc(OP(=O)(O)Oc2ccc(CCC(=O)c3ccc(Cl)cc3O)c(C)c2)ccc1CCC(=O)c1ccc(Cl)cc1O. The third-order valence-electron chi connectivity index (χ3n) is 6.83. The fourth-order valence-electron chi connectivity index (χ4n) is 4.54. The van der Waals surface area contributed by atoms with E-state index in [1.54, 1.807) is 38.1 Å². The number of phenols is 2. The first kappa shape index (κ1) is 32.1. The summed E-state index contributed by atoms with van der Waals surface area (Å²) in [6.45, 7) is 3.58. The van der Waals surface area contributed by atoms with Crippen LogP contribution in [0.5, 0.6) is 23.0 Å². The van der Waals surface area contributed by atoms with Gasteiger partial charge in [0.25, 0.3) is 0 Å². The molecule has 4 aromatic carbocycles. The zero-order chi connectivity index (χ0) is 31.3. The first-order chi connectivity index (χ1) is 20.3. The number of benzene rings is 4. The zero-order valence-electron chi connectivity index (χ0n) is 23.3. The number of rotatable bonds is 12. The van der Waals surface area contributed by atoms with E-state index >= 15 is 0 Å². The largest absolute Gasteiger partial charge is 0.584 e. The van der Waals surface area contributed by atoms with Crippen molar-refractivity contribution in [2.24, 2.45) is 0 Å². The fourth-order valence-corrected chi connectivity index (χ4v) is 5.67. The molecule has 0 amide bonds. The Hall–Kier alpha value is -3.81. The third-order valence-corrected chi connectivity index (χ3v) is 8.19. The van der Waals surface area contributed by atoms with Crippen LogP contribution in [0, 0.1) is 13.8 Å². The molecule has 0 unspecified atom stereocenters. The monoisotopic (exact) mass is 642 g/mol. The molecule has 0 saturated carbocycles. The van der Waals surface area contributed by atoms with Crippen molar-refractivity contribution >= 4 is 42.6 Å². The van der Waals surface area contributed by atoms with Crippen LogP contribution in [0.15, 0.2) is 72.8 Å². The molecule has 0 saturated heterocycles. The lowest BCUT2D eigenvalue weighted by molar-refractivity contribution is 0.0972. The average Bonchev–Trinajstić information content (AvgIpc) is 2.91. The van der Waals surface area contributed by atoms with E-state index in [4.69, 9.17) is 32.2 Å². The lowest BCUT2D eigenvalue weighted by Crippen LogP contribution is -2.04. The van der Waals surface area contributed by atoms with Gasteiger partial charge < -0.3 is 19.3 Å². The van der Waals surface area contributed by atoms with E-state index in [1.807, 2.05) is 0 Å². The Bertz CT molecular complexity index is 1610. The summed E-state index contributed by atoms with van der Waals surface area (Å²) in [6.07, 6.45) is 1.06. The topological polar surface area (TPSA) is 130 Å². The van der Waals surface area contributed by atoms with Crippen molar-refractivity contribution in [2.75, 3.05) is 0 Å². The van der Waals surface area contributed by atoms with Gasteiger partial charge in [-0.1, -0.05) is 35.3 Å². The van der Waals surface area contributed by atoms with Crippen molar-refractivity contribution in [3.05, 3.63) is 116 Å². The van der Waals surface area contributed by atoms with Crippen molar-refractivity contribution in [1.29, 1.82) is 0 Å². The van der Waals surface area contributed by atoms with Gasteiger partial charge in [-0.05, 0) is 110 Å². The molecule has 8 nitrogen and oxygen atoms in total. The van der Waals surface area contributed by atoms with Crippen LogP contribution in [0.25, 0.3) is 0 Å². The number of phosphoric acid groups is 1. The average molecular weight is 643 g/mol. The van der Waals surface area contributed by atoms with E-state index < -0.39 is 7.82 Å². The van der Waals surface area contributed by atoms with E-state index in [9.17, 15) is 29.3 Å². The number of aromatic hydroxyl groups is 2. The molecule has 0 radical (unpaired) electrons. The van der Waals surface area contributed by atoms with E-state index in [1.165, 1.54) is 48.5 Å². The number of Topliss-reactive ketones (excluding diaryl/α,β-unsaturated/α-hetero) is 2. The van der Waals surface area contributed by atoms with Gasteiger partial charge in [0.1, 0.15) is 23.0 Å². The van der Waals surface area contributed by atoms with Crippen molar-refractivity contribution in [2.45, 2.75) is 39.5 Å². The van der Waals surface area contributed by atoms with Crippen molar-refractivity contribution in [3.8, 4) is 23.0 Å². The van der Waals surface area contributed by atoms with Crippen LogP contribution in [0.1, 0.15) is 55.8 Å². The van der Waals surface area contributed by atoms with Gasteiger partial charge in [-0.15, -0.1) is 0 Å². The smallest absolute Gasteiger partial charge is 0.507 e. The number of carbonyl (C=O) groups is 2. The number of ketones is 2. The van der Waals surface area contributed by atoms with Crippen LogP contribution in [0.4, 0.5) is 0 Å². The molecule has 0 atom stereocenters. The molecule has 0 bridgehead atoms. The van der Waals surface area contributed by atoms with Crippen LogP contribution < -0.4 is 9.05 Å². The molecule has 0 aliphatic carbocycles. The number of hydrogen-bond donors (Lipinski definition) is 3. The number of phosphoric ester groups is 1. The molecule has 4 rings (SSSR count). The summed E-state index contributed by atoms with van der Waals surface area (Å²) < 4.78 is 23.3. The number of phenolic OH excluding ortho intramolecular Hbond substituents is 2. The minimum Gasteiger partial charge on any atom is -0.507 e. The molecule has 0 heterocycles. The van der Waals surface area contributed by atoms with Gasteiger partial charge in [0.15, 0.2) is 11.6 Å². The molecule has 224 valence electrons. The summed E-state index contributed by atoms with van der Waals surface area (Å²) in [6, 6.07) is 18.3. The Labute approximate surface area is 259 Å². The molecule has 11 heteroatoms. The highest BCUT2D eigenvalue weighted by atomic mass is 35.5. The summed E-state index contributed by atoms with van der Waals surface area (Å²) in [5.41, 5.74) is 3.53. The first-order valence-corrected chi connectivity index (χ1v) is 15.5. The molecule has 3 N–H and O–H groups in total. The Balaban J connectivity index is 1.33. The van der Waals surface area contributed by atoms with Crippen molar-refractivity contribution in [1.82, 2.24) is 0 Å². The van der Waals surface area contributed by atoms with Gasteiger partial charge in [0.05, 0.1) is 11.1 Å². The van der Waals surface area contributed by atoms with Gasteiger partial charge in [0, 0.05) is 22.9 Å². The van der Waals surface area contributed by atoms with Crippen LogP contribution >= 0.6 is 31.0 Å². The summed E-state index contributed by atoms with van der Waals surface area (Å²) >= 11 is 11.7. The molecule has 4 aromatic rings. The van der Waals surface area contributed by atoms with E-state index in [0.717, 1.165) is 22.3 Å². The minimum absolute atomic E-state index is 0.117. The number of halogens is 2. The van der Waals surface area contributed by atoms with Gasteiger partial charge in [-0.2, -0.15) is 0 Å². The Morgan fingerprint density at radius 1 is 0.674 bits per heavy atom. The molecule has 0 fully saturated rings. The standard InChI is InChI=1S/C32H29Cl2O8P/c1-19-15-25(9-3-21(19)5-13-29(35)27-11-7-23(33)17-31(27)37)41-43(39,40)42-26-10-4-22(20(2)16-26)6-14-30(36)28-12-8-24(34)18-32(28)38/h3-4,7-12,15-18,37-38H,5-6,13-14H2,1-2H3,(H,39,40). The van der Waals surface area contributed by atoms with Crippen molar-refractivity contribution < 1.29 is 38.3 Å². The maximum atomic E-state index is 12.8. The molecule has 0 spiro atoms. The molecule has 0 aliphatic heterocycles. The second kappa shape index (κ2) is 13.7. The maximum Gasteiger partial charge on any atom is 0.584 e. The highest BCUT2D eigenvalue weighted by molar-refractivity contribution is 7.48. The number of hydrogen-bond acceptors (Lipinski definition) is 7. The summed E-state index contributed by atoms with van der Waals surface area (Å²) in [5, 5.41) is 20.6. The normalized spacial score (nSPS) is 11.3. The van der Waals surface area contributed by atoms with Gasteiger partial charge in [-0.3, -0.25) is 14.5 Å². The van der Waals surface area contributed by atoms with Crippen LogP contribution in [0.3, 0.4) is 0 Å². The second-order valence-corrected chi connectivity index (χ2v) is 12.2. The Morgan fingerprint density at radius 3 is 1.42 bits per heavy atom. The zero-order valence-corrected chi connectivity index (χ0v) is 25.7. The van der Waals surface area contributed by atoms with Crippen LogP contribution in [0.2, 0.25) is 10.0 Å². The van der Waals surface area contributed by atoms with Gasteiger partial charge in [-0.25, -0.2) is 4.57 Å². The predicted octanol–water partition coefficient (Wildman–Crippen LogP) is 8.21. The molecule has 43 heavy (non-hydrogen) atoms. The summed E-state index contributed by atoms with van der Waals surface area (Å²) in [4.78, 5) is 35.5. The lowest BCUT2D eigenvalue weighted by Gasteiger charge is -2.16. The third kappa shape index (κ3) is 8.62. The molecular weight excluding hydrogens is 614 g/mol. The van der Waals surface area contributed by atoms with Crippen LogP contribution in [-0.4, -0.2) is 26.7 Å². The van der Waals surface area contributed by atoms with E-state index in [0.29, 0.717) is 22.9 Å². The maximum absolute atomic E-state index is 12.8. The number of carbonyl (C=O) groups excluding carboxylic acids is 2. The lowest BCUT2D eigenvalue weighted by atomic mass is 9.99. The highest BCUT2D eigenvalue weighted by Gasteiger charge is 2.26. The Morgan fingerprint density at radius 2 is 1.07 bits per heavy atom. The second-order valence-electron chi connectivity index (χ2n) is 10.00. The van der Waals surface area contributed by atoms with E-state index in [2.05, 4.69) is 0 Å². The highest BCUT2D eigenvalue weighted by Crippen LogP contribution is 2.45. The summed E-state index contributed by atoms with van der Waals surface area (Å²) in [5.74, 6) is -0.595. The predicted molar refractivity (Wildman–Crippen MR) is 165 cm³/mol. The number of aryl methyl sites for hydroxylation is 4. The summed E-state index contributed by atoms with van der Waals surface area (Å²) in [7, 11) is -4.55. The fraction of sp³-hybridized carbons (Fsp3) is 0.188.